The Morgan fingerprint density at radius 1 is 1.08 bits per heavy atom. The largest absolute Gasteiger partial charge is 0.490 e. The van der Waals surface area contributed by atoms with Crippen LogP contribution in [0.15, 0.2) is 58.4 Å². The molecule has 4 rings (SSSR count). The molecule has 0 atom stereocenters. The summed E-state index contributed by atoms with van der Waals surface area (Å²) in [5, 5.41) is 3.16. The number of fused-ring (bicyclic) bond motifs is 1. The van der Waals surface area contributed by atoms with Crippen molar-refractivity contribution >= 4 is 23.4 Å². The van der Waals surface area contributed by atoms with E-state index in [1.807, 2.05) is 36.0 Å². The molecule has 0 unspecified atom stereocenters. The van der Waals surface area contributed by atoms with Gasteiger partial charge in [-0.25, -0.2) is 0 Å². The van der Waals surface area contributed by atoms with Crippen LogP contribution in [0.4, 0.5) is 5.69 Å². The monoisotopic (exact) mass is 369 g/mol. The molecule has 0 spiro atoms. The van der Waals surface area contributed by atoms with E-state index in [4.69, 9.17) is 15.2 Å². The first-order valence-electron chi connectivity index (χ1n) is 8.93. The molecule has 2 aromatic carbocycles. The van der Waals surface area contributed by atoms with Crippen LogP contribution in [0.1, 0.15) is 19.3 Å². The number of nitrogens with zero attached hydrogens (tertiary/aromatic N) is 1. The molecule has 26 heavy (non-hydrogen) atoms. The van der Waals surface area contributed by atoms with Crippen molar-refractivity contribution in [1.82, 2.24) is 0 Å². The topological polar surface area (TPSA) is 68.9 Å². The second-order valence-electron chi connectivity index (χ2n) is 6.64. The number of thioether (sulfide) groups is 1. The van der Waals surface area contributed by atoms with Crippen molar-refractivity contribution in [1.29, 1.82) is 0 Å². The Morgan fingerprint density at radius 3 is 2.62 bits per heavy atom. The fourth-order valence-corrected chi connectivity index (χ4v) is 4.06. The van der Waals surface area contributed by atoms with Gasteiger partial charge in [-0.2, -0.15) is 0 Å². The molecule has 5 nitrogen and oxygen atoms in total. The van der Waals surface area contributed by atoms with Crippen molar-refractivity contribution in [2.45, 2.75) is 28.9 Å². The van der Waals surface area contributed by atoms with Crippen molar-refractivity contribution in [3.63, 3.8) is 0 Å². The van der Waals surface area contributed by atoms with Crippen molar-refractivity contribution in [2.24, 2.45) is 10.7 Å². The van der Waals surface area contributed by atoms with E-state index in [0.29, 0.717) is 19.2 Å². The maximum absolute atomic E-state index is 6.10. The summed E-state index contributed by atoms with van der Waals surface area (Å²) in [6.45, 7) is 2.07. The van der Waals surface area contributed by atoms with Crippen LogP contribution in [-0.4, -0.2) is 30.5 Å². The minimum Gasteiger partial charge on any atom is -0.490 e. The average Bonchev–Trinajstić information content (AvgIpc) is 3.44. The lowest BCUT2D eigenvalue weighted by atomic mass is 10.3. The average molecular weight is 369 g/mol. The number of benzene rings is 2. The van der Waals surface area contributed by atoms with Crippen LogP contribution in [0.25, 0.3) is 0 Å². The van der Waals surface area contributed by atoms with E-state index < -0.39 is 0 Å². The lowest BCUT2D eigenvalue weighted by Crippen LogP contribution is -2.24. The van der Waals surface area contributed by atoms with Gasteiger partial charge in [0.25, 0.3) is 0 Å². The van der Waals surface area contributed by atoms with E-state index in [9.17, 15) is 0 Å². The molecule has 2 aromatic rings. The summed E-state index contributed by atoms with van der Waals surface area (Å²) in [5.74, 6) is 1.96. The Morgan fingerprint density at radius 2 is 1.85 bits per heavy atom. The van der Waals surface area contributed by atoms with Gasteiger partial charge in [0.1, 0.15) is 0 Å². The third-order valence-corrected chi connectivity index (χ3v) is 5.92. The van der Waals surface area contributed by atoms with Gasteiger partial charge in [0, 0.05) is 27.8 Å². The van der Waals surface area contributed by atoms with E-state index in [0.717, 1.165) is 30.2 Å². The molecule has 1 heterocycles. The predicted octanol–water partition coefficient (Wildman–Crippen LogP) is 3.90. The number of nitrogens with two attached hydrogens (primary N) is 1. The summed E-state index contributed by atoms with van der Waals surface area (Å²) in [6.07, 6.45) is 3.24. The molecule has 0 radical (unpaired) electrons. The molecule has 1 aliphatic carbocycles. The molecule has 3 N–H and O–H groups in total. The van der Waals surface area contributed by atoms with Gasteiger partial charge in [-0.05, 0) is 37.1 Å². The van der Waals surface area contributed by atoms with Gasteiger partial charge in [-0.15, -0.1) is 11.8 Å². The molecule has 2 aliphatic rings. The van der Waals surface area contributed by atoms with Gasteiger partial charge in [0.05, 0.1) is 19.8 Å². The quantitative estimate of drug-likeness (QED) is 0.618. The first-order valence-corrected chi connectivity index (χ1v) is 9.75. The maximum atomic E-state index is 6.10. The number of ether oxygens (including phenoxy) is 2. The Balaban J connectivity index is 1.37. The van der Waals surface area contributed by atoms with Gasteiger partial charge in [0.2, 0.25) is 0 Å². The van der Waals surface area contributed by atoms with Crippen LogP contribution < -0.4 is 20.5 Å². The van der Waals surface area contributed by atoms with E-state index >= 15 is 0 Å². The van der Waals surface area contributed by atoms with Crippen molar-refractivity contribution < 1.29 is 9.47 Å². The molecule has 136 valence electrons. The first-order chi connectivity index (χ1) is 12.7. The van der Waals surface area contributed by atoms with E-state index in [1.54, 1.807) is 0 Å². The van der Waals surface area contributed by atoms with Gasteiger partial charge in [-0.1, -0.05) is 18.2 Å². The van der Waals surface area contributed by atoms with Gasteiger partial charge >= 0.3 is 0 Å². The Labute approximate surface area is 158 Å². The summed E-state index contributed by atoms with van der Waals surface area (Å²) in [7, 11) is 0. The van der Waals surface area contributed by atoms with Gasteiger partial charge in [-0.3, -0.25) is 4.99 Å². The lowest BCUT2D eigenvalue weighted by molar-refractivity contribution is 0.297. The summed E-state index contributed by atoms with van der Waals surface area (Å²) in [6, 6.07) is 16.2. The summed E-state index contributed by atoms with van der Waals surface area (Å²) >= 11 is 1.90. The number of hydrogen-bond donors (Lipinski definition) is 2. The van der Waals surface area contributed by atoms with Crippen molar-refractivity contribution in [3.8, 4) is 11.5 Å². The third kappa shape index (κ3) is 4.25. The van der Waals surface area contributed by atoms with E-state index in [2.05, 4.69) is 34.6 Å². The molecular weight excluding hydrogens is 346 g/mol. The zero-order valence-electron chi connectivity index (χ0n) is 14.6. The highest BCUT2D eigenvalue weighted by Gasteiger charge is 2.43. The molecule has 6 heteroatoms. The van der Waals surface area contributed by atoms with Crippen LogP contribution in [0.3, 0.4) is 0 Å². The minimum absolute atomic E-state index is 0.193. The van der Waals surface area contributed by atoms with E-state index in [-0.39, 0.29) is 4.75 Å². The van der Waals surface area contributed by atoms with Crippen LogP contribution in [-0.2, 0) is 0 Å². The Kier molecular flexibility index (Phi) is 4.93. The summed E-state index contributed by atoms with van der Waals surface area (Å²) < 4.78 is 11.6. The highest BCUT2D eigenvalue weighted by Crippen LogP contribution is 2.51. The number of guanidine groups is 1. The fourth-order valence-electron chi connectivity index (χ4n) is 2.83. The second-order valence-corrected chi connectivity index (χ2v) is 8.18. The second kappa shape index (κ2) is 7.50. The zero-order valence-corrected chi connectivity index (χ0v) is 15.4. The number of aliphatic imine (C=N–C) groups is 1. The van der Waals surface area contributed by atoms with E-state index in [1.165, 1.54) is 17.7 Å². The van der Waals surface area contributed by atoms with Crippen molar-refractivity contribution in [2.75, 3.05) is 25.1 Å². The standard InChI is InChI=1S/C20H23N3O2S/c21-19(22-14-20(9-10-20)26-16-5-2-1-3-6-16)23-15-7-8-17-18(13-15)25-12-4-11-24-17/h1-3,5-8,13H,4,9-12,14H2,(H3,21,22,23). The minimum atomic E-state index is 0.193. The lowest BCUT2D eigenvalue weighted by Gasteiger charge is -2.14. The highest BCUT2D eigenvalue weighted by atomic mass is 32.2. The SMILES string of the molecule is NC(=NCC1(Sc2ccccc2)CC1)Nc1ccc2c(c1)OCCCO2. The molecule has 0 saturated heterocycles. The molecule has 0 aromatic heterocycles. The summed E-state index contributed by atoms with van der Waals surface area (Å²) in [5.41, 5.74) is 6.96. The van der Waals surface area contributed by atoms with Crippen LogP contribution in [0, 0.1) is 0 Å². The highest BCUT2D eigenvalue weighted by molar-refractivity contribution is 8.01. The Bertz CT molecular complexity index is 791. The molecule has 1 aliphatic heterocycles. The predicted molar refractivity (Wildman–Crippen MR) is 106 cm³/mol. The molecule has 1 fully saturated rings. The number of anilines is 1. The van der Waals surface area contributed by atoms with Crippen molar-refractivity contribution in [3.05, 3.63) is 48.5 Å². The third-order valence-electron chi connectivity index (χ3n) is 4.44. The fraction of sp³-hybridized carbons (Fsp3) is 0.350. The smallest absolute Gasteiger partial charge is 0.193 e. The van der Waals surface area contributed by atoms with Crippen LogP contribution in [0.5, 0.6) is 11.5 Å². The summed E-state index contributed by atoms with van der Waals surface area (Å²) in [4.78, 5) is 5.86. The first kappa shape index (κ1) is 17.1. The van der Waals surface area contributed by atoms with Gasteiger partial charge in [0.15, 0.2) is 17.5 Å². The van der Waals surface area contributed by atoms with Crippen LogP contribution in [0.2, 0.25) is 0 Å². The molecule has 0 amide bonds. The maximum Gasteiger partial charge on any atom is 0.193 e. The van der Waals surface area contributed by atoms with Crippen LogP contribution >= 0.6 is 11.8 Å². The number of rotatable bonds is 5. The molecular formula is C20H23N3O2S. The molecule has 1 saturated carbocycles. The molecule has 0 bridgehead atoms. The van der Waals surface area contributed by atoms with Gasteiger partial charge < -0.3 is 20.5 Å². The number of hydrogen-bond acceptors (Lipinski definition) is 4. The zero-order chi connectivity index (χ0) is 17.8. The Hall–Kier alpha value is -2.34. The normalized spacial score (nSPS) is 18.1. The number of nitrogens with one attached hydrogen (secondary N) is 1.